The summed E-state index contributed by atoms with van der Waals surface area (Å²) in [5.41, 5.74) is 1.82. The van der Waals surface area contributed by atoms with Gasteiger partial charge < -0.3 is 19.9 Å². The van der Waals surface area contributed by atoms with Crippen LogP contribution in [-0.2, 0) is 20.7 Å². The van der Waals surface area contributed by atoms with Crippen molar-refractivity contribution >= 4 is 11.9 Å². The maximum Gasteiger partial charge on any atom is 0.311 e. The molecule has 0 aromatic heterocycles. The summed E-state index contributed by atoms with van der Waals surface area (Å²) in [5.74, 6) is -1.12. The van der Waals surface area contributed by atoms with Crippen LogP contribution in [0.3, 0.4) is 0 Å². The molecule has 2 unspecified atom stereocenters. The highest BCUT2D eigenvalue weighted by molar-refractivity contribution is 5.80. The Morgan fingerprint density at radius 3 is 2.86 bits per heavy atom. The zero-order valence-corrected chi connectivity index (χ0v) is 12.1. The van der Waals surface area contributed by atoms with E-state index < -0.39 is 17.9 Å². The second-order valence-electron chi connectivity index (χ2n) is 5.14. The number of hydrogen-bond donors (Lipinski definition) is 2. The highest BCUT2D eigenvalue weighted by Crippen LogP contribution is 2.19. The van der Waals surface area contributed by atoms with Crippen molar-refractivity contribution in [2.75, 3.05) is 20.3 Å². The van der Waals surface area contributed by atoms with Crippen molar-refractivity contribution in [3.05, 3.63) is 29.3 Å². The Morgan fingerprint density at radius 2 is 2.19 bits per heavy atom. The molecule has 1 aromatic rings. The van der Waals surface area contributed by atoms with E-state index in [1.807, 2.05) is 25.1 Å². The highest BCUT2D eigenvalue weighted by Gasteiger charge is 2.34. The van der Waals surface area contributed by atoms with Crippen molar-refractivity contribution in [1.29, 1.82) is 0 Å². The second kappa shape index (κ2) is 6.58. The van der Waals surface area contributed by atoms with Crippen LogP contribution in [0, 0.1) is 12.8 Å². The number of aliphatic carboxylic acids is 1. The van der Waals surface area contributed by atoms with Gasteiger partial charge in [0.15, 0.2) is 0 Å². The quantitative estimate of drug-likeness (QED) is 0.837. The molecule has 2 atom stereocenters. The zero-order chi connectivity index (χ0) is 15.4. The van der Waals surface area contributed by atoms with Gasteiger partial charge in [-0.05, 0) is 24.1 Å². The van der Waals surface area contributed by atoms with Gasteiger partial charge in [-0.3, -0.25) is 9.59 Å². The molecule has 0 radical (unpaired) electrons. The van der Waals surface area contributed by atoms with Crippen LogP contribution in [0.15, 0.2) is 18.2 Å². The summed E-state index contributed by atoms with van der Waals surface area (Å²) in [7, 11) is 1.58. The summed E-state index contributed by atoms with van der Waals surface area (Å²) in [6.07, 6.45) is 0.180. The minimum Gasteiger partial charge on any atom is -0.496 e. The first kappa shape index (κ1) is 15.3. The number of benzene rings is 1. The fourth-order valence-electron chi connectivity index (χ4n) is 2.36. The van der Waals surface area contributed by atoms with Gasteiger partial charge in [0, 0.05) is 0 Å². The maximum absolute atomic E-state index is 12.0. The Bertz CT molecular complexity index is 543. The van der Waals surface area contributed by atoms with Crippen molar-refractivity contribution < 1.29 is 24.2 Å². The summed E-state index contributed by atoms with van der Waals surface area (Å²) in [6.45, 7) is 2.30. The van der Waals surface area contributed by atoms with Crippen molar-refractivity contribution in [3.8, 4) is 5.75 Å². The molecule has 0 saturated carbocycles. The predicted molar refractivity (Wildman–Crippen MR) is 75.3 cm³/mol. The minimum atomic E-state index is -0.949. The number of carbonyl (C=O) groups is 2. The van der Waals surface area contributed by atoms with E-state index >= 15 is 0 Å². The Kier molecular flexibility index (Phi) is 4.80. The summed E-state index contributed by atoms with van der Waals surface area (Å²) in [6, 6.07) is 5.09. The SMILES string of the molecule is COc1cc(CC(=O)NC2COCC2C(=O)O)ccc1C. The lowest BCUT2D eigenvalue weighted by Gasteiger charge is -2.16. The third-order valence-electron chi connectivity index (χ3n) is 3.58. The lowest BCUT2D eigenvalue weighted by atomic mass is 10.0. The fraction of sp³-hybridized carbons (Fsp3) is 0.467. The molecule has 1 fully saturated rings. The van der Waals surface area contributed by atoms with Gasteiger partial charge in [0.25, 0.3) is 0 Å². The molecule has 2 N–H and O–H groups in total. The topological polar surface area (TPSA) is 84.9 Å². The van der Waals surface area contributed by atoms with Crippen molar-refractivity contribution in [1.82, 2.24) is 5.32 Å². The smallest absolute Gasteiger partial charge is 0.311 e. The van der Waals surface area contributed by atoms with Crippen LogP contribution in [-0.4, -0.2) is 43.3 Å². The number of rotatable bonds is 5. The van der Waals surface area contributed by atoms with E-state index in [0.29, 0.717) is 0 Å². The molecule has 6 nitrogen and oxygen atoms in total. The molecule has 114 valence electrons. The largest absolute Gasteiger partial charge is 0.496 e. The molecule has 1 aliphatic heterocycles. The summed E-state index contributed by atoms with van der Waals surface area (Å²) in [4.78, 5) is 23.0. The minimum absolute atomic E-state index is 0.138. The molecule has 6 heteroatoms. The molecule has 1 aliphatic rings. The maximum atomic E-state index is 12.0. The number of aryl methyl sites for hydroxylation is 1. The van der Waals surface area contributed by atoms with Gasteiger partial charge in [0.1, 0.15) is 11.7 Å². The van der Waals surface area contributed by atoms with Gasteiger partial charge in [-0.25, -0.2) is 0 Å². The summed E-state index contributed by atoms with van der Waals surface area (Å²) < 4.78 is 10.3. The molecule has 0 spiro atoms. The third-order valence-corrected chi connectivity index (χ3v) is 3.58. The number of carboxylic acid groups (broad SMARTS) is 1. The molecule has 1 heterocycles. The number of carboxylic acids is 1. The van der Waals surface area contributed by atoms with E-state index in [9.17, 15) is 9.59 Å². The summed E-state index contributed by atoms with van der Waals surface area (Å²) >= 11 is 0. The third kappa shape index (κ3) is 3.72. The average Bonchev–Trinajstić information content (AvgIpc) is 2.89. The normalized spacial score (nSPS) is 21.0. The fourth-order valence-corrected chi connectivity index (χ4v) is 2.36. The Morgan fingerprint density at radius 1 is 1.43 bits per heavy atom. The van der Waals surface area contributed by atoms with Gasteiger partial charge in [-0.2, -0.15) is 0 Å². The first-order chi connectivity index (χ1) is 10.0. The van der Waals surface area contributed by atoms with Gasteiger partial charge in [-0.15, -0.1) is 0 Å². The Balaban J connectivity index is 1.97. The standard InChI is InChI=1S/C15H19NO5/c1-9-3-4-10(5-13(9)20-2)6-14(17)16-12-8-21-7-11(12)15(18)19/h3-5,11-12H,6-8H2,1-2H3,(H,16,17)(H,18,19). The van der Waals surface area contributed by atoms with Gasteiger partial charge in [0.2, 0.25) is 5.91 Å². The Labute approximate surface area is 123 Å². The van der Waals surface area contributed by atoms with Crippen LogP contribution in [0.25, 0.3) is 0 Å². The van der Waals surface area contributed by atoms with Crippen LogP contribution in [0.1, 0.15) is 11.1 Å². The molecule has 21 heavy (non-hydrogen) atoms. The van der Waals surface area contributed by atoms with Crippen molar-refractivity contribution in [2.45, 2.75) is 19.4 Å². The zero-order valence-electron chi connectivity index (χ0n) is 12.1. The van der Waals surface area contributed by atoms with Crippen LogP contribution in [0.4, 0.5) is 0 Å². The van der Waals surface area contributed by atoms with Crippen LogP contribution < -0.4 is 10.1 Å². The number of hydrogen-bond acceptors (Lipinski definition) is 4. The van der Waals surface area contributed by atoms with Gasteiger partial charge >= 0.3 is 5.97 Å². The van der Waals surface area contributed by atoms with E-state index in [1.165, 1.54) is 0 Å². The van der Waals surface area contributed by atoms with Gasteiger partial charge in [-0.1, -0.05) is 12.1 Å². The molecule has 1 aromatic carbocycles. The average molecular weight is 293 g/mol. The number of methoxy groups -OCH3 is 1. The molecular formula is C15H19NO5. The van der Waals surface area contributed by atoms with Crippen LogP contribution >= 0.6 is 0 Å². The van der Waals surface area contributed by atoms with Crippen LogP contribution in [0.5, 0.6) is 5.75 Å². The Hall–Kier alpha value is -2.08. The van der Waals surface area contributed by atoms with Crippen molar-refractivity contribution in [3.63, 3.8) is 0 Å². The van der Waals surface area contributed by atoms with Gasteiger partial charge in [0.05, 0.1) is 32.8 Å². The van der Waals surface area contributed by atoms with E-state index in [4.69, 9.17) is 14.6 Å². The predicted octanol–water partition coefficient (Wildman–Crippen LogP) is 0.762. The monoisotopic (exact) mass is 293 g/mol. The first-order valence-corrected chi connectivity index (χ1v) is 6.74. The van der Waals surface area contributed by atoms with Crippen molar-refractivity contribution in [2.24, 2.45) is 5.92 Å². The van der Waals surface area contributed by atoms with E-state index in [1.54, 1.807) is 7.11 Å². The molecular weight excluding hydrogens is 274 g/mol. The van der Waals surface area contributed by atoms with E-state index in [2.05, 4.69) is 5.32 Å². The molecule has 1 saturated heterocycles. The lowest BCUT2D eigenvalue weighted by molar-refractivity contribution is -0.142. The van der Waals surface area contributed by atoms with E-state index in [0.717, 1.165) is 16.9 Å². The number of ether oxygens (including phenoxy) is 2. The van der Waals surface area contributed by atoms with Crippen LogP contribution in [0.2, 0.25) is 0 Å². The molecule has 2 rings (SSSR count). The number of carbonyl (C=O) groups excluding carboxylic acids is 1. The number of amides is 1. The summed E-state index contributed by atoms with van der Waals surface area (Å²) in [5, 5.41) is 11.8. The van der Waals surface area contributed by atoms with E-state index in [-0.39, 0.29) is 25.5 Å². The molecule has 0 bridgehead atoms. The second-order valence-corrected chi connectivity index (χ2v) is 5.14. The lowest BCUT2D eigenvalue weighted by Crippen LogP contribution is -2.43. The highest BCUT2D eigenvalue weighted by atomic mass is 16.5. The first-order valence-electron chi connectivity index (χ1n) is 6.74. The molecule has 0 aliphatic carbocycles. The number of nitrogens with one attached hydrogen (secondary N) is 1. The molecule has 1 amide bonds.